The molecule has 1 aromatic carbocycles. The minimum absolute atomic E-state index is 0.179. The van der Waals surface area contributed by atoms with Crippen LogP contribution in [-0.2, 0) is 0 Å². The molecule has 0 aliphatic heterocycles. The predicted octanol–water partition coefficient (Wildman–Crippen LogP) is 3.31. The molecule has 1 aromatic rings. The van der Waals surface area contributed by atoms with Crippen LogP contribution in [0.15, 0.2) is 24.3 Å². The summed E-state index contributed by atoms with van der Waals surface area (Å²) in [6, 6.07) is 7.48. The number of carbonyl (C=O) groups excluding carboxylic acids is 1. The molecule has 86 valence electrons. The number of hydrogen-bond acceptors (Lipinski definition) is 2. The molecule has 1 saturated carbocycles. The van der Waals surface area contributed by atoms with Gasteiger partial charge in [0.25, 0.3) is 0 Å². The van der Waals surface area contributed by atoms with E-state index in [9.17, 15) is 4.79 Å². The van der Waals surface area contributed by atoms with Crippen LogP contribution in [0.25, 0.3) is 0 Å². The summed E-state index contributed by atoms with van der Waals surface area (Å²) >= 11 is 0. The molecular weight excluding hydrogens is 200 g/mol. The van der Waals surface area contributed by atoms with Gasteiger partial charge in [0.15, 0.2) is 5.78 Å². The molecule has 2 heteroatoms. The molecule has 0 saturated heterocycles. The second-order valence-electron chi connectivity index (χ2n) is 4.45. The Labute approximate surface area is 96.6 Å². The third-order valence-corrected chi connectivity index (χ3v) is 3.19. The number of hydrogen-bond donors (Lipinski definition) is 0. The molecule has 1 fully saturated rings. The molecule has 0 heterocycles. The number of ketones is 1. The van der Waals surface area contributed by atoms with Crippen molar-refractivity contribution in [2.75, 3.05) is 6.61 Å². The summed E-state index contributed by atoms with van der Waals surface area (Å²) in [6.45, 7) is 4.65. The fourth-order valence-electron chi connectivity index (χ4n) is 1.96. The normalized spacial score (nSPS) is 16.9. The number of Topliss-reactive ketones (excluding diaryl/α,β-unsaturated/α-hetero) is 1. The Morgan fingerprint density at radius 2 is 2.00 bits per heavy atom. The van der Waals surface area contributed by atoms with Gasteiger partial charge in [-0.3, -0.25) is 4.79 Å². The van der Waals surface area contributed by atoms with Crippen LogP contribution >= 0.6 is 0 Å². The first-order valence-electron chi connectivity index (χ1n) is 5.99. The lowest BCUT2D eigenvalue weighted by atomic mass is 9.95. The van der Waals surface area contributed by atoms with Gasteiger partial charge in [-0.25, -0.2) is 0 Å². The van der Waals surface area contributed by atoms with Gasteiger partial charge < -0.3 is 4.74 Å². The van der Waals surface area contributed by atoms with Gasteiger partial charge in [0.05, 0.1) is 6.61 Å². The molecule has 0 radical (unpaired) electrons. The molecule has 0 aromatic heterocycles. The fourth-order valence-corrected chi connectivity index (χ4v) is 1.96. The summed E-state index contributed by atoms with van der Waals surface area (Å²) in [4.78, 5) is 12.1. The van der Waals surface area contributed by atoms with E-state index in [1.165, 1.54) is 12.8 Å². The molecule has 0 amide bonds. The van der Waals surface area contributed by atoms with E-state index in [4.69, 9.17) is 4.74 Å². The first-order chi connectivity index (χ1) is 7.72. The van der Waals surface area contributed by atoms with Gasteiger partial charge in [-0.15, -0.1) is 0 Å². The van der Waals surface area contributed by atoms with Crippen molar-refractivity contribution in [2.45, 2.75) is 26.7 Å². The SMILES string of the molecule is CCOc1ccc(C(=O)C(C)C2CC2)cc1. The van der Waals surface area contributed by atoms with Crippen LogP contribution < -0.4 is 4.74 Å². The van der Waals surface area contributed by atoms with E-state index in [0.717, 1.165) is 11.3 Å². The van der Waals surface area contributed by atoms with E-state index < -0.39 is 0 Å². The minimum atomic E-state index is 0.179. The third kappa shape index (κ3) is 2.43. The molecule has 2 rings (SSSR count). The van der Waals surface area contributed by atoms with Crippen molar-refractivity contribution in [3.05, 3.63) is 29.8 Å². The summed E-state index contributed by atoms with van der Waals surface area (Å²) in [5.74, 6) is 1.90. The second-order valence-corrected chi connectivity index (χ2v) is 4.45. The van der Waals surface area contributed by atoms with Crippen LogP contribution in [0.5, 0.6) is 5.75 Å². The van der Waals surface area contributed by atoms with E-state index in [2.05, 4.69) is 0 Å². The van der Waals surface area contributed by atoms with Crippen LogP contribution in [0.1, 0.15) is 37.0 Å². The molecule has 2 nitrogen and oxygen atoms in total. The van der Waals surface area contributed by atoms with Gasteiger partial charge in [0, 0.05) is 11.5 Å². The van der Waals surface area contributed by atoms with Crippen LogP contribution in [0.3, 0.4) is 0 Å². The average Bonchev–Trinajstić information content (AvgIpc) is 3.12. The van der Waals surface area contributed by atoms with Crippen LogP contribution in [-0.4, -0.2) is 12.4 Å². The highest BCUT2D eigenvalue weighted by molar-refractivity contribution is 5.98. The Hall–Kier alpha value is -1.31. The third-order valence-electron chi connectivity index (χ3n) is 3.19. The summed E-state index contributed by atoms with van der Waals surface area (Å²) in [6.07, 6.45) is 2.42. The van der Waals surface area contributed by atoms with Crippen molar-refractivity contribution in [2.24, 2.45) is 11.8 Å². The Morgan fingerprint density at radius 1 is 1.38 bits per heavy atom. The van der Waals surface area contributed by atoms with Gasteiger partial charge in [-0.2, -0.15) is 0 Å². The lowest BCUT2D eigenvalue weighted by Crippen LogP contribution is -2.13. The van der Waals surface area contributed by atoms with Crippen LogP contribution in [0.2, 0.25) is 0 Å². The van der Waals surface area contributed by atoms with Crippen molar-refractivity contribution in [3.63, 3.8) is 0 Å². The highest BCUT2D eigenvalue weighted by atomic mass is 16.5. The second kappa shape index (κ2) is 4.69. The summed E-state index contributed by atoms with van der Waals surface area (Å²) in [7, 11) is 0. The molecule has 1 unspecified atom stereocenters. The number of rotatable bonds is 5. The van der Waals surface area contributed by atoms with Crippen LogP contribution in [0, 0.1) is 11.8 Å². The largest absolute Gasteiger partial charge is 0.494 e. The van der Waals surface area contributed by atoms with E-state index in [0.29, 0.717) is 12.5 Å². The molecule has 1 aliphatic carbocycles. The zero-order valence-electron chi connectivity index (χ0n) is 9.90. The monoisotopic (exact) mass is 218 g/mol. The van der Waals surface area contributed by atoms with Crippen LogP contribution in [0.4, 0.5) is 0 Å². The highest BCUT2D eigenvalue weighted by Gasteiger charge is 2.32. The van der Waals surface area contributed by atoms with E-state index in [1.54, 1.807) is 0 Å². The van der Waals surface area contributed by atoms with Crippen molar-refractivity contribution < 1.29 is 9.53 Å². The van der Waals surface area contributed by atoms with Gasteiger partial charge in [-0.1, -0.05) is 6.92 Å². The average molecular weight is 218 g/mol. The highest BCUT2D eigenvalue weighted by Crippen LogP contribution is 2.38. The topological polar surface area (TPSA) is 26.3 Å². The molecule has 1 atom stereocenters. The van der Waals surface area contributed by atoms with E-state index >= 15 is 0 Å². The standard InChI is InChI=1S/C14H18O2/c1-3-16-13-8-6-12(7-9-13)14(15)10(2)11-4-5-11/h6-11H,3-5H2,1-2H3. The maximum absolute atomic E-state index is 12.1. The summed E-state index contributed by atoms with van der Waals surface area (Å²) in [5, 5.41) is 0. The zero-order valence-corrected chi connectivity index (χ0v) is 9.90. The molecule has 16 heavy (non-hydrogen) atoms. The molecular formula is C14H18O2. The lowest BCUT2D eigenvalue weighted by molar-refractivity contribution is 0.0916. The smallest absolute Gasteiger partial charge is 0.165 e. The quantitative estimate of drug-likeness (QED) is 0.709. The first-order valence-corrected chi connectivity index (χ1v) is 5.99. The molecule has 0 N–H and O–H groups in total. The molecule has 1 aliphatic rings. The number of carbonyl (C=O) groups is 1. The Kier molecular flexibility index (Phi) is 3.28. The van der Waals surface area contributed by atoms with E-state index in [1.807, 2.05) is 38.1 Å². The molecule has 0 spiro atoms. The van der Waals surface area contributed by atoms with Crippen molar-refractivity contribution in [3.8, 4) is 5.75 Å². The van der Waals surface area contributed by atoms with Crippen molar-refractivity contribution >= 4 is 5.78 Å². The summed E-state index contributed by atoms with van der Waals surface area (Å²) in [5.41, 5.74) is 0.808. The molecule has 0 bridgehead atoms. The Balaban J connectivity index is 2.05. The fraction of sp³-hybridized carbons (Fsp3) is 0.500. The van der Waals surface area contributed by atoms with E-state index in [-0.39, 0.29) is 11.7 Å². The lowest BCUT2D eigenvalue weighted by Gasteiger charge is -2.09. The van der Waals surface area contributed by atoms with Gasteiger partial charge in [0.1, 0.15) is 5.75 Å². The summed E-state index contributed by atoms with van der Waals surface area (Å²) < 4.78 is 5.35. The minimum Gasteiger partial charge on any atom is -0.494 e. The van der Waals surface area contributed by atoms with Gasteiger partial charge in [0.2, 0.25) is 0 Å². The predicted molar refractivity (Wildman–Crippen MR) is 63.8 cm³/mol. The van der Waals surface area contributed by atoms with Crippen molar-refractivity contribution in [1.29, 1.82) is 0 Å². The van der Waals surface area contributed by atoms with Gasteiger partial charge in [-0.05, 0) is 49.9 Å². The first kappa shape index (κ1) is 11.2. The Bertz CT molecular complexity index is 363. The van der Waals surface area contributed by atoms with Gasteiger partial charge >= 0.3 is 0 Å². The number of benzene rings is 1. The maximum Gasteiger partial charge on any atom is 0.165 e. The van der Waals surface area contributed by atoms with Crippen molar-refractivity contribution in [1.82, 2.24) is 0 Å². The Morgan fingerprint density at radius 3 is 2.50 bits per heavy atom. The maximum atomic E-state index is 12.1. The number of ether oxygens (including phenoxy) is 1. The zero-order chi connectivity index (χ0) is 11.5.